The van der Waals surface area contributed by atoms with Crippen LogP contribution in [0.25, 0.3) is 0 Å². The molecule has 0 saturated carbocycles. The number of aryl methyl sites for hydroxylation is 1. The fourth-order valence-electron chi connectivity index (χ4n) is 3.33. The van der Waals surface area contributed by atoms with Crippen LogP contribution in [0.15, 0.2) is 42.5 Å². The average Bonchev–Trinajstić information content (AvgIpc) is 3.21. The van der Waals surface area contributed by atoms with Crippen LogP contribution in [0.2, 0.25) is 0 Å². The van der Waals surface area contributed by atoms with Crippen molar-refractivity contribution in [3.63, 3.8) is 0 Å². The molecule has 1 amide bonds. The van der Waals surface area contributed by atoms with Crippen LogP contribution in [0, 0.1) is 0 Å². The number of hydrogen-bond donors (Lipinski definition) is 0. The van der Waals surface area contributed by atoms with Gasteiger partial charge in [0.15, 0.2) is 0 Å². The van der Waals surface area contributed by atoms with Crippen molar-refractivity contribution in [2.45, 2.75) is 31.6 Å². The van der Waals surface area contributed by atoms with Crippen LogP contribution in [0.3, 0.4) is 0 Å². The molecular weight excluding hydrogens is 358 g/mol. The molecular formula is C22H27NO3S. The number of benzene rings is 2. The first kappa shape index (κ1) is 19.6. The number of ether oxygens (including phenoxy) is 2. The molecule has 0 radical (unpaired) electrons. The van der Waals surface area contributed by atoms with Crippen molar-refractivity contribution >= 4 is 17.7 Å². The second-order valence-electron chi connectivity index (χ2n) is 6.63. The first-order valence-corrected chi connectivity index (χ1v) is 10.5. The van der Waals surface area contributed by atoms with Crippen molar-refractivity contribution in [3.05, 3.63) is 59.2 Å². The maximum absolute atomic E-state index is 13.2. The monoisotopic (exact) mass is 385 g/mol. The minimum absolute atomic E-state index is 0.0666. The van der Waals surface area contributed by atoms with Crippen molar-refractivity contribution in [1.29, 1.82) is 0 Å². The molecule has 4 nitrogen and oxygen atoms in total. The Morgan fingerprint density at radius 2 is 1.93 bits per heavy atom. The molecule has 0 aliphatic carbocycles. The van der Waals surface area contributed by atoms with Gasteiger partial charge >= 0.3 is 0 Å². The van der Waals surface area contributed by atoms with Gasteiger partial charge in [-0.15, -0.1) is 11.8 Å². The molecule has 0 aromatic heterocycles. The molecule has 5 heteroatoms. The minimum Gasteiger partial charge on any atom is -0.497 e. The van der Waals surface area contributed by atoms with E-state index in [1.165, 1.54) is 18.4 Å². The van der Waals surface area contributed by atoms with E-state index in [4.69, 9.17) is 9.47 Å². The van der Waals surface area contributed by atoms with E-state index < -0.39 is 0 Å². The van der Waals surface area contributed by atoms with Crippen LogP contribution in [-0.4, -0.2) is 37.3 Å². The molecule has 1 aliphatic rings. The Morgan fingerprint density at radius 1 is 1.15 bits per heavy atom. The molecule has 2 aromatic rings. The number of amides is 1. The van der Waals surface area contributed by atoms with Crippen LogP contribution in [0.1, 0.15) is 46.6 Å². The highest BCUT2D eigenvalue weighted by Crippen LogP contribution is 2.43. The molecule has 0 N–H and O–H groups in total. The summed E-state index contributed by atoms with van der Waals surface area (Å²) in [6.45, 7) is 2.92. The molecule has 2 aromatic carbocycles. The van der Waals surface area contributed by atoms with Gasteiger partial charge in [0.25, 0.3) is 5.91 Å². The van der Waals surface area contributed by atoms with Crippen LogP contribution in [0.5, 0.6) is 11.5 Å². The van der Waals surface area contributed by atoms with E-state index in [1.54, 1.807) is 26.0 Å². The molecule has 3 rings (SSSR count). The van der Waals surface area contributed by atoms with Gasteiger partial charge in [-0.3, -0.25) is 4.79 Å². The first-order valence-electron chi connectivity index (χ1n) is 9.41. The maximum atomic E-state index is 13.2. The van der Waals surface area contributed by atoms with E-state index in [2.05, 4.69) is 19.1 Å². The molecule has 1 atom stereocenters. The van der Waals surface area contributed by atoms with E-state index >= 15 is 0 Å². The van der Waals surface area contributed by atoms with E-state index in [9.17, 15) is 4.79 Å². The lowest BCUT2D eigenvalue weighted by molar-refractivity contribution is 0.0759. The summed E-state index contributed by atoms with van der Waals surface area (Å²) >= 11 is 1.76. The normalized spacial score (nSPS) is 16.4. The highest BCUT2D eigenvalue weighted by atomic mass is 32.2. The molecule has 1 aliphatic heterocycles. The highest BCUT2D eigenvalue weighted by Gasteiger charge is 2.33. The Morgan fingerprint density at radius 3 is 2.59 bits per heavy atom. The van der Waals surface area contributed by atoms with E-state index in [0.717, 1.165) is 41.3 Å². The predicted molar refractivity (Wildman–Crippen MR) is 111 cm³/mol. The number of thioether (sulfide) groups is 1. The third-order valence-electron chi connectivity index (χ3n) is 4.87. The Balaban J connectivity index is 1.83. The van der Waals surface area contributed by atoms with Gasteiger partial charge in [-0.2, -0.15) is 0 Å². The van der Waals surface area contributed by atoms with Crippen molar-refractivity contribution in [1.82, 2.24) is 4.90 Å². The zero-order chi connectivity index (χ0) is 19.2. The zero-order valence-electron chi connectivity index (χ0n) is 16.2. The number of carbonyl (C=O) groups is 1. The molecule has 144 valence electrons. The molecule has 1 unspecified atom stereocenters. The number of carbonyl (C=O) groups excluding carboxylic acids is 1. The predicted octanol–water partition coefficient (Wildman–Crippen LogP) is 4.93. The van der Waals surface area contributed by atoms with Crippen molar-refractivity contribution in [3.8, 4) is 11.5 Å². The minimum atomic E-state index is -0.0673. The van der Waals surface area contributed by atoms with Crippen molar-refractivity contribution in [2.75, 3.05) is 26.5 Å². The average molecular weight is 386 g/mol. The molecule has 0 bridgehead atoms. The van der Waals surface area contributed by atoms with Gasteiger partial charge in [0.2, 0.25) is 0 Å². The summed E-state index contributed by atoms with van der Waals surface area (Å²) < 4.78 is 10.9. The second-order valence-corrected chi connectivity index (χ2v) is 7.82. The largest absolute Gasteiger partial charge is 0.497 e. The summed E-state index contributed by atoms with van der Waals surface area (Å²) in [5.41, 5.74) is 3.01. The second kappa shape index (κ2) is 9.18. The standard InChI is InChI=1S/C22H27NO3S/c1-4-5-6-16-7-9-17(10-8-16)21(24)23-13-14-27-22(23)19-15-18(25-2)11-12-20(19)26-3/h7-12,15,22H,4-6,13-14H2,1-3H3. The topological polar surface area (TPSA) is 38.8 Å². The number of unbranched alkanes of at least 4 members (excludes halogenated alkanes) is 1. The van der Waals surface area contributed by atoms with Crippen molar-refractivity contribution < 1.29 is 14.3 Å². The summed E-state index contributed by atoms with van der Waals surface area (Å²) in [6, 6.07) is 13.8. The first-order chi connectivity index (χ1) is 13.2. The van der Waals surface area contributed by atoms with Gasteiger partial charge in [0.1, 0.15) is 16.9 Å². The third-order valence-corrected chi connectivity index (χ3v) is 6.12. The van der Waals surface area contributed by atoms with Gasteiger partial charge in [0.05, 0.1) is 14.2 Å². The summed E-state index contributed by atoms with van der Waals surface area (Å²) in [4.78, 5) is 15.1. The summed E-state index contributed by atoms with van der Waals surface area (Å²) in [5, 5.41) is -0.0673. The molecule has 1 saturated heterocycles. The molecule has 27 heavy (non-hydrogen) atoms. The number of nitrogens with zero attached hydrogens (tertiary/aromatic N) is 1. The molecule has 1 heterocycles. The number of rotatable bonds is 7. The van der Waals surface area contributed by atoms with Gasteiger partial charge in [0, 0.05) is 23.4 Å². The van der Waals surface area contributed by atoms with Crippen LogP contribution in [-0.2, 0) is 6.42 Å². The summed E-state index contributed by atoms with van der Waals surface area (Å²) in [5.74, 6) is 2.52. The van der Waals surface area contributed by atoms with Crippen LogP contribution in [0.4, 0.5) is 0 Å². The molecule has 0 spiro atoms. The fraction of sp³-hybridized carbons (Fsp3) is 0.409. The summed E-state index contributed by atoms with van der Waals surface area (Å²) in [6.07, 6.45) is 3.41. The van der Waals surface area contributed by atoms with Gasteiger partial charge in [-0.05, 0) is 48.7 Å². The van der Waals surface area contributed by atoms with Crippen LogP contribution < -0.4 is 9.47 Å². The lowest BCUT2D eigenvalue weighted by atomic mass is 10.1. The van der Waals surface area contributed by atoms with Crippen molar-refractivity contribution in [2.24, 2.45) is 0 Å². The third kappa shape index (κ3) is 4.41. The van der Waals surface area contributed by atoms with E-state index in [1.807, 2.05) is 35.2 Å². The number of methoxy groups -OCH3 is 2. The molecule has 1 fully saturated rings. The maximum Gasteiger partial charge on any atom is 0.255 e. The zero-order valence-corrected chi connectivity index (χ0v) is 17.1. The van der Waals surface area contributed by atoms with Gasteiger partial charge in [-0.25, -0.2) is 0 Å². The Labute approximate surface area is 165 Å². The SMILES string of the molecule is CCCCc1ccc(C(=O)N2CCSC2c2cc(OC)ccc2OC)cc1. The van der Waals surface area contributed by atoms with E-state index in [0.29, 0.717) is 0 Å². The van der Waals surface area contributed by atoms with Gasteiger partial charge in [-0.1, -0.05) is 25.5 Å². The number of hydrogen-bond acceptors (Lipinski definition) is 4. The quantitative estimate of drug-likeness (QED) is 0.677. The smallest absolute Gasteiger partial charge is 0.255 e. The summed E-state index contributed by atoms with van der Waals surface area (Å²) in [7, 11) is 3.31. The Hall–Kier alpha value is -2.14. The lowest BCUT2D eigenvalue weighted by Gasteiger charge is -2.26. The Kier molecular flexibility index (Phi) is 6.67. The lowest BCUT2D eigenvalue weighted by Crippen LogP contribution is -2.30. The van der Waals surface area contributed by atoms with E-state index in [-0.39, 0.29) is 11.3 Å². The fourth-order valence-corrected chi connectivity index (χ4v) is 4.60. The van der Waals surface area contributed by atoms with Crippen LogP contribution >= 0.6 is 11.8 Å². The van der Waals surface area contributed by atoms with Gasteiger partial charge < -0.3 is 14.4 Å². The highest BCUT2D eigenvalue weighted by molar-refractivity contribution is 7.99. The Bertz CT molecular complexity index is 776.